The Bertz CT molecular complexity index is 1190. The summed E-state index contributed by atoms with van der Waals surface area (Å²) in [5.41, 5.74) is 2.24. The standard InChI is InChI=1S/C23H22N4O5S2/c1-14(28)24-16-7-9-17(10-8-16)25-21(30)13-33-11-18-12-34-23(26-18)27-22(31)19-5-3-4-6-20(19)32-15(2)29/h3-10,12H,11,13H2,1-2H3,(H,24,28)(H,25,30)(H,26,27,31). The number of amides is 3. The molecule has 0 saturated heterocycles. The molecule has 0 aliphatic carbocycles. The summed E-state index contributed by atoms with van der Waals surface area (Å²) in [5, 5.41) is 10.4. The van der Waals surface area contributed by atoms with E-state index in [-0.39, 0.29) is 28.9 Å². The average molecular weight is 499 g/mol. The molecule has 1 aromatic heterocycles. The van der Waals surface area contributed by atoms with E-state index in [9.17, 15) is 19.2 Å². The topological polar surface area (TPSA) is 126 Å². The summed E-state index contributed by atoms with van der Waals surface area (Å²) in [6, 6.07) is 13.3. The Hall–Kier alpha value is -3.70. The number of hydrogen-bond donors (Lipinski definition) is 3. The zero-order valence-corrected chi connectivity index (χ0v) is 20.0. The molecule has 34 heavy (non-hydrogen) atoms. The zero-order chi connectivity index (χ0) is 24.5. The highest BCUT2D eigenvalue weighted by atomic mass is 32.2. The predicted molar refractivity (Wildman–Crippen MR) is 133 cm³/mol. The van der Waals surface area contributed by atoms with Gasteiger partial charge in [0.1, 0.15) is 5.75 Å². The summed E-state index contributed by atoms with van der Waals surface area (Å²) in [7, 11) is 0. The summed E-state index contributed by atoms with van der Waals surface area (Å²) >= 11 is 2.65. The number of para-hydroxylation sites is 1. The number of carbonyl (C=O) groups is 4. The second-order valence-electron chi connectivity index (χ2n) is 6.99. The lowest BCUT2D eigenvalue weighted by atomic mass is 10.2. The normalized spacial score (nSPS) is 10.3. The Labute approximate surface area is 204 Å². The van der Waals surface area contributed by atoms with Crippen molar-refractivity contribution in [1.29, 1.82) is 0 Å². The minimum absolute atomic E-state index is 0.162. The van der Waals surface area contributed by atoms with Gasteiger partial charge < -0.3 is 15.4 Å². The molecule has 2 aromatic carbocycles. The molecule has 0 aliphatic rings. The smallest absolute Gasteiger partial charge is 0.308 e. The highest BCUT2D eigenvalue weighted by molar-refractivity contribution is 7.99. The number of aromatic nitrogens is 1. The predicted octanol–water partition coefficient (Wildman–Crippen LogP) is 4.15. The fourth-order valence-corrected chi connectivity index (χ4v) is 4.31. The van der Waals surface area contributed by atoms with E-state index in [0.717, 1.165) is 5.69 Å². The first-order chi connectivity index (χ1) is 16.3. The molecule has 1 heterocycles. The molecule has 0 fully saturated rings. The minimum Gasteiger partial charge on any atom is -0.426 e. The molecule has 0 saturated carbocycles. The van der Waals surface area contributed by atoms with Gasteiger partial charge in [0.05, 0.1) is 17.0 Å². The number of nitrogens with one attached hydrogen (secondary N) is 3. The summed E-state index contributed by atoms with van der Waals surface area (Å²) < 4.78 is 5.07. The number of benzene rings is 2. The average Bonchev–Trinajstić information content (AvgIpc) is 3.21. The Morgan fingerprint density at radius 2 is 1.62 bits per heavy atom. The van der Waals surface area contributed by atoms with E-state index in [4.69, 9.17) is 4.74 Å². The first kappa shape index (κ1) is 24.9. The molecular formula is C23H22N4O5S2. The molecule has 176 valence electrons. The van der Waals surface area contributed by atoms with E-state index >= 15 is 0 Å². The van der Waals surface area contributed by atoms with E-state index in [1.54, 1.807) is 53.9 Å². The summed E-state index contributed by atoms with van der Waals surface area (Å²) in [6.07, 6.45) is 0. The Kier molecular flexibility index (Phi) is 8.77. The maximum atomic E-state index is 12.6. The lowest BCUT2D eigenvalue weighted by molar-refractivity contribution is -0.132. The van der Waals surface area contributed by atoms with Crippen LogP contribution in [-0.4, -0.2) is 34.4 Å². The van der Waals surface area contributed by atoms with Crippen molar-refractivity contribution in [3.8, 4) is 5.75 Å². The fourth-order valence-electron chi connectivity index (χ4n) is 2.78. The second kappa shape index (κ2) is 12.0. The van der Waals surface area contributed by atoms with Crippen LogP contribution >= 0.6 is 23.1 Å². The molecule has 3 N–H and O–H groups in total. The third-order valence-electron chi connectivity index (χ3n) is 4.13. The first-order valence-electron chi connectivity index (χ1n) is 10.1. The number of rotatable bonds is 9. The lowest BCUT2D eigenvalue weighted by Gasteiger charge is -2.08. The van der Waals surface area contributed by atoms with Crippen molar-refractivity contribution >= 4 is 63.3 Å². The van der Waals surface area contributed by atoms with Crippen LogP contribution in [0.1, 0.15) is 29.9 Å². The van der Waals surface area contributed by atoms with Crippen LogP contribution in [0.2, 0.25) is 0 Å². The molecule has 0 atom stereocenters. The highest BCUT2D eigenvalue weighted by Crippen LogP contribution is 2.23. The number of carbonyl (C=O) groups excluding carboxylic acids is 4. The molecule has 3 aromatic rings. The molecule has 9 nitrogen and oxygen atoms in total. The third kappa shape index (κ3) is 7.71. The minimum atomic E-state index is -0.514. The van der Waals surface area contributed by atoms with Crippen LogP contribution in [0.25, 0.3) is 0 Å². The quantitative estimate of drug-likeness (QED) is 0.299. The number of ether oxygens (including phenoxy) is 1. The number of anilines is 3. The Morgan fingerprint density at radius 1 is 0.941 bits per heavy atom. The maximum absolute atomic E-state index is 12.6. The number of esters is 1. The van der Waals surface area contributed by atoms with Crippen molar-refractivity contribution in [3.05, 3.63) is 65.2 Å². The van der Waals surface area contributed by atoms with Crippen LogP contribution in [0.3, 0.4) is 0 Å². The van der Waals surface area contributed by atoms with E-state index in [0.29, 0.717) is 22.3 Å². The van der Waals surface area contributed by atoms with Crippen molar-refractivity contribution in [1.82, 2.24) is 4.98 Å². The summed E-state index contributed by atoms with van der Waals surface area (Å²) in [5.74, 6) is -0.383. The van der Waals surface area contributed by atoms with Gasteiger partial charge in [-0.1, -0.05) is 12.1 Å². The SMILES string of the molecule is CC(=O)Nc1ccc(NC(=O)CSCc2csc(NC(=O)c3ccccc3OC(C)=O)n2)cc1. The van der Waals surface area contributed by atoms with Gasteiger partial charge in [0.25, 0.3) is 5.91 Å². The van der Waals surface area contributed by atoms with Gasteiger partial charge in [0.2, 0.25) is 11.8 Å². The molecule has 0 spiro atoms. The van der Waals surface area contributed by atoms with E-state index in [1.807, 2.05) is 0 Å². The van der Waals surface area contributed by atoms with Crippen molar-refractivity contribution in [2.75, 3.05) is 21.7 Å². The van der Waals surface area contributed by atoms with Crippen LogP contribution in [0.5, 0.6) is 5.75 Å². The van der Waals surface area contributed by atoms with Crippen molar-refractivity contribution in [2.24, 2.45) is 0 Å². The van der Waals surface area contributed by atoms with Crippen LogP contribution in [0, 0.1) is 0 Å². The molecular weight excluding hydrogens is 476 g/mol. The van der Waals surface area contributed by atoms with Crippen LogP contribution in [-0.2, 0) is 20.1 Å². The molecule has 0 bridgehead atoms. The van der Waals surface area contributed by atoms with Crippen LogP contribution in [0.15, 0.2) is 53.9 Å². The van der Waals surface area contributed by atoms with Gasteiger partial charge in [-0.05, 0) is 36.4 Å². The van der Waals surface area contributed by atoms with Gasteiger partial charge >= 0.3 is 5.97 Å². The molecule has 0 aliphatic heterocycles. The van der Waals surface area contributed by atoms with Crippen molar-refractivity contribution in [2.45, 2.75) is 19.6 Å². The largest absolute Gasteiger partial charge is 0.426 e. The Balaban J connectivity index is 1.46. The summed E-state index contributed by atoms with van der Waals surface area (Å²) in [6.45, 7) is 2.69. The van der Waals surface area contributed by atoms with Gasteiger partial charge in [-0.15, -0.1) is 23.1 Å². The molecule has 0 unspecified atom stereocenters. The van der Waals surface area contributed by atoms with E-state index < -0.39 is 11.9 Å². The van der Waals surface area contributed by atoms with E-state index in [1.165, 1.54) is 36.9 Å². The number of thiazole rings is 1. The third-order valence-corrected chi connectivity index (χ3v) is 5.90. The van der Waals surface area contributed by atoms with Gasteiger partial charge in [-0.2, -0.15) is 0 Å². The molecule has 3 rings (SSSR count). The van der Waals surface area contributed by atoms with Gasteiger partial charge in [0.15, 0.2) is 5.13 Å². The van der Waals surface area contributed by atoms with Crippen molar-refractivity contribution in [3.63, 3.8) is 0 Å². The number of thioether (sulfide) groups is 1. The fraction of sp³-hybridized carbons (Fsp3) is 0.174. The lowest BCUT2D eigenvalue weighted by Crippen LogP contribution is -2.15. The number of hydrogen-bond acceptors (Lipinski definition) is 8. The Morgan fingerprint density at radius 3 is 2.29 bits per heavy atom. The van der Waals surface area contributed by atoms with Gasteiger partial charge in [-0.25, -0.2) is 4.98 Å². The summed E-state index contributed by atoms with van der Waals surface area (Å²) in [4.78, 5) is 51.4. The monoisotopic (exact) mass is 498 g/mol. The van der Waals surface area contributed by atoms with Gasteiger partial charge in [0, 0.05) is 36.4 Å². The maximum Gasteiger partial charge on any atom is 0.308 e. The highest BCUT2D eigenvalue weighted by Gasteiger charge is 2.15. The van der Waals surface area contributed by atoms with Crippen LogP contribution in [0.4, 0.5) is 16.5 Å². The van der Waals surface area contributed by atoms with Crippen molar-refractivity contribution < 1.29 is 23.9 Å². The first-order valence-corrected chi connectivity index (χ1v) is 12.1. The zero-order valence-electron chi connectivity index (χ0n) is 18.4. The molecule has 3 amide bonds. The molecule has 11 heteroatoms. The second-order valence-corrected chi connectivity index (χ2v) is 8.83. The van der Waals surface area contributed by atoms with Gasteiger partial charge in [-0.3, -0.25) is 24.5 Å². The van der Waals surface area contributed by atoms with Crippen LogP contribution < -0.4 is 20.7 Å². The van der Waals surface area contributed by atoms with E-state index in [2.05, 4.69) is 20.9 Å². The molecule has 0 radical (unpaired) electrons. The number of nitrogens with zero attached hydrogens (tertiary/aromatic N) is 1.